The molecule has 2 rings (SSSR count). The molecule has 0 bridgehead atoms. The number of ether oxygens (including phenoxy) is 1. The summed E-state index contributed by atoms with van der Waals surface area (Å²) in [6.45, 7) is 1.77. The number of nitrogens with two attached hydrogens (primary N) is 1. The summed E-state index contributed by atoms with van der Waals surface area (Å²) in [5.41, 5.74) is 8.01. The largest absolute Gasteiger partial charge is 0.396 e. The Morgan fingerprint density at radius 2 is 2.38 bits per heavy atom. The number of nitriles is 1. The molecular weight excluding hydrogens is 202 g/mol. The van der Waals surface area contributed by atoms with E-state index in [1.807, 2.05) is 12.1 Å². The highest BCUT2D eigenvalue weighted by Crippen LogP contribution is 2.29. The first-order valence-electron chi connectivity index (χ1n) is 5.32. The fourth-order valence-electron chi connectivity index (χ4n) is 2.07. The number of benzene rings is 1. The van der Waals surface area contributed by atoms with Gasteiger partial charge in [0.2, 0.25) is 0 Å². The fraction of sp³-hybridized carbons (Fsp3) is 0.417. The lowest BCUT2D eigenvalue weighted by Crippen LogP contribution is -2.23. The molecule has 0 amide bonds. The molecule has 16 heavy (non-hydrogen) atoms. The number of rotatable bonds is 2. The molecular formula is C12H15N3O. The number of nitrogens with zero attached hydrogens (tertiary/aromatic N) is 2. The molecule has 4 nitrogen and oxygen atoms in total. The zero-order chi connectivity index (χ0) is 11.5. The second-order valence-electron chi connectivity index (χ2n) is 3.94. The molecule has 1 atom stereocenters. The van der Waals surface area contributed by atoms with E-state index in [1.165, 1.54) is 0 Å². The highest BCUT2D eigenvalue weighted by atomic mass is 16.5. The van der Waals surface area contributed by atoms with E-state index in [0.29, 0.717) is 11.3 Å². The van der Waals surface area contributed by atoms with E-state index in [9.17, 15) is 0 Å². The molecule has 1 unspecified atom stereocenters. The molecule has 0 spiro atoms. The van der Waals surface area contributed by atoms with Gasteiger partial charge in [0.25, 0.3) is 0 Å². The average molecular weight is 217 g/mol. The van der Waals surface area contributed by atoms with Crippen molar-refractivity contribution in [1.82, 2.24) is 0 Å². The van der Waals surface area contributed by atoms with Gasteiger partial charge in [-0.3, -0.25) is 0 Å². The normalized spacial score (nSPS) is 19.8. The summed E-state index contributed by atoms with van der Waals surface area (Å²) in [5, 5.41) is 8.91. The van der Waals surface area contributed by atoms with Gasteiger partial charge in [-0.2, -0.15) is 5.26 Å². The standard InChI is InChI=1S/C12H15N3O/c1-16-10-5-6-15(8-10)11-4-2-3-9(7-13)12(11)14/h2-4,10H,5-6,8,14H2,1H3. The average Bonchev–Trinajstić information content (AvgIpc) is 2.78. The Morgan fingerprint density at radius 3 is 3.00 bits per heavy atom. The molecule has 4 heteroatoms. The minimum atomic E-state index is 0.269. The summed E-state index contributed by atoms with van der Waals surface area (Å²) in [4.78, 5) is 2.17. The molecule has 1 fully saturated rings. The van der Waals surface area contributed by atoms with Crippen molar-refractivity contribution in [3.8, 4) is 6.07 Å². The highest BCUT2D eigenvalue weighted by molar-refractivity contribution is 5.74. The SMILES string of the molecule is COC1CCN(c2cccc(C#N)c2N)C1. The lowest BCUT2D eigenvalue weighted by atomic mass is 10.1. The predicted octanol–water partition coefficient (Wildman–Crippen LogP) is 1.37. The smallest absolute Gasteiger partial charge is 0.101 e. The van der Waals surface area contributed by atoms with Gasteiger partial charge in [-0.05, 0) is 18.6 Å². The van der Waals surface area contributed by atoms with Crippen molar-refractivity contribution in [2.75, 3.05) is 30.8 Å². The topological polar surface area (TPSA) is 62.3 Å². The third kappa shape index (κ3) is 1.82. The molecule has 1 aliphatic rings. The minimum Gasteiger partial charge on any atom is -0.396 e. The molecule has 0 saturated carbocycles. The van der Waals surface area contributed by atoms with Gasteiger partial charge in [-0.15, -0.1) is 0 Å². The van der Waals surface area contributed by atoms with E-state index < -0.39 is 0 Å². The van der Waals surface area contributed by atoms with Crippen molar-refractivity contribution in [3.05, 3.63) is 23.8 Å². The summed E-state index contributed by atoms with van der Waals surface area (Å²) < 4.78 is 5.31. The van der Waals surface area contributed by atoms with Crippen LogP contribution in [-0.2, 0) is 4.74 Å². The van der Waals surface area contributed by atoms with Crippen molar-refractivity contribution in [3.63, 3.8) is 0 Å². The second kappa shape index (κ2) is 4.42. The van der Waals surface area contributed by atoms with Crippen molar-refractivity contribution in [2.45, 2.75) is 12.5 Å². The van der Waals surface area contributed by atoms with E-state index in [-0.39, 0.29) is 6.10 Å². The number of para-hydroxylation sites is 1. The van der Waals surface area contributed by atoms with Crippen molar-refractivity contribution < 1.29 is 4.74 Å². The summed E-state index contributed by atoms with van der Waals surface area (Å²) in [7, 11) is 1.73. The van der Waals surface area contributed by atoms with Crippen LogP contribution >= 0.6 is 0 Å². The van der Waals surface area contributed by atoms with Gasteiger partial charge in [0, 0.05) is 20.2 Å². The van der Waals surface area contributed by atoms with Gasteiger partial charge < -0.3 is 15.4 Å². The maximum Gasteiger partial charge on any atom is 0.101 e. The van der Waals surface area contributed by atoms with Gasteiger partial charge in [-0.25, -0.2) is 0 Å². The van der Waals surface area contributed by atoms with Crippen LogP contribution in [0.5, 0.6) is 0 Å². The van der Waals surface area contributed by atoms with E-state index >= 15 is 0 Å². The van der Waals surface area contributed by atoms with E-state index in [4.69, 9.17) is 15.7 Å². The zero-order valence-electron chi connectivity index (χ0n) is 9.31. The van der Waals surface area contributed by atoms with Crippen molar-refractivity contribution in [1.29, 1.82) is 5.26 Å². The van der Waals surface area contributed by atoms with Crippen LogP contribution in [0.25, 0.3) is 0 Å². The molecule has 0 radical (unpaired) electrons. The van der Waals surface area contributed by atoms with E-state index in [0.717, 1.165) is 25.2 Å². The van der Waals surface area contributed by atoms with Crippen molar-refractivity contribution >= 4 is 11.4 Å². The highest BCUT2D eigenvalue weighted by Gasteiger charge is 2.23. The van der Waals surface area contributed by atoms with Gasteiger partial charge in [-0.1, -0.05) is 6.07 Å². The van der Waals surface area contributed by atoms with Gasteiger partial charge in [0.05, 0.1) is 23.0 Å². The molecule has 1 aromatic carbocycles. The Bertz CT molecular complexity index is 425. The molecule has 1 aromatic rings. The summed E-state index contributed by atoms with van der Waals surface area (Å²) >= 11 is 0. The maximum absolute atomic E-state index is 8.91. The molecule has 84 valence electrons. The Kier molecular flexibility index (Phi) is 2.97. The van der Waals surface area contributed by atoms with Crippen LogP contribution < -0.4 is 10.6 Å². The van der Waals surface area contributed by atoms with Gasteiger partial charge in [0.1, 0.15) is 6.07 Å². The summed E-state index contributed by atoms with van der Waals surface area (Å²) in [6, 6.07) is 7.66. The van der Waals surface area contributed by atoms with Crippen LogP contribution in [0.2, 0.25) is 0 Å². The van der Waals surface area contributed by atoms with E-state index in [1.54, 1.807) is 13.2 Å². The van der Waals surface area contributed by atoms with E-state index in [2.05, 4.69) is 11.0 Å². The predicted molar refractivity (Wildman–Crippen MR) is 63.2 cm³/mol. The number of nitrogen functional groups attached to an aromatic ring is 1. The number of hydrogen-bond acceptors (Lipinski definition) is 4. The quantitative estimate of drug-likeness (QED) is 0.760. The van der Waals surface area contributed by atoms with Crippen LogP contribution in [0.1, 0.15) is 12.0 Å². The van der Waals surface area contributed by atoms with Crippen LogP contribution in [0.3, 0.4) is 0 Å². The Balaban J connectivity index is 2.25. The van der Waals surface area contributed by atoms with Crippen LogP contribution in [0, 0.1) is 11.3 Å². The molecule has 0 aliphatic carbocycles. The second-order valence-corrected chi connectivity index (χ2v) is 3.94. The lowest BCUT2D eigenvalue weighted by molar-refractivity contribution is 0.121. The molecule has 2 N–H and O–H groups in total. The summed E-state index contributed by atoms with van der Waals surface area (Å²) in [5.74, 6) is 0. The zero-order valence-corrected chi connectivity index (χ0v) is 9.31. The molecule has 0 aromatic heterocycles. The number of anilines is 2. The van der Waals surface area contributed by atoms with Crippen LogP contribution in [0.15, 0.2) is 18.2 Å². The Hall–Kier alpha value is -1.73. The first kappa shape index (κ1) is 10.8. The Labute approximate surface area is 95.2 Å². The number of hydrogen-bond donors (Lipinski definition) is 1. The monoisotopic (exact) mass is 217 g/mol. The van der Waals surface area contributed by atoms with Crippen molar-refractivity contribution in [2.24, 2.45) is 0 Å². The van der Waals surface area contributed by atoms with Crippen LogP contribution in [0.4, 0.5) is 11.4 Å². The Morgan fingerprint density at radius 1 is 1.56 bits per heavy atom. The maximum atomic E-state index is 8.91. The summed E-state index contributed by atoms with van der Waals surface area (Å²) in [6.07, 6.45) is 1.28. The minimum absolute atomic E-state index is 0.269. The molecule has 1 aliphatic heterocycles. The van der Waals surface area contributed by atoms with Crippen LogP contribution in [-0.4, -0.2) is 26.3 Å². The lowest BCUT2D eigenvalue weighted by Gasteiger charge is -2.20. The third-order valence-corrected chi connectivity index (χ3v) is 3.02. The fourth-order valence-corrected chi connectivity index (χ4v) is 2.07. The molecule has 1 heterocycles. The van der Waals surface area contributed by atoms with Gasteiger partial charge >= 0.3 is 0 Å². The molecule has 1 saturated heterocycles. The first-order chi connectivity index (χ1) is 7.76. The number of methoxy groups -OCH3 is 1. The first-order valence-corrected chi connectivity index (χ1v) is 5.32. The third-order valence-electron chi connectivity index (χ3n) is 3.02. The van der Waals surface area contributed by atoms with Gasteiger partial charge in [0.15, 0.2) is 0 Å².